The number of anilines is 1. The normalized spacial score (nSPS) is 11.8. The number of terminal acetylenes is 1. The number of nitrogens with zero attached hydrogens (tertiary/aromatic N) is 1. The summed E-state index contributed by atoms with van der Waals surface area (Å²) in [5.74, 6) is 0.660. The van der Waals surface area contributed by atoms with Crippen molar-refractivity contribution in [2.24, 2.45) is 0 Å². The van der Waals surface area contributed by atoms with Crippen LogP contribution in [-0.2, 0) is 27.5 Å². The minimum atomic E-state index is -4.63. The largest absolute Gasteiger partial charge is 0.433 e. The molecular weight excluding hydrogens is 530 g/mol. The molecule has 0 saturated heterocycles. The smallest absolute Gasteiger partial charge is 0.348 e. The van der Waals surface area contributed by atoms with Crippen LogP contribution >= 0.6 is 11.8 Å². The maximum Gasteiger partial charge on any atom is 0.433 e. The summed E-state index contributed by atoms with van der Waals surface area (Å²) in [4.78, 5) is 16.7. The lowest BCUT2D eigenvalue weighted by Crippen LogP contribution is -2.20. The molecular formula is C25H19F4N3O3S2. The molecule has 1 aromatic heterocycles. The Morgan fingerprint density at radius 2 is 1.86 bits per heavy atom. The Bertz CT molecular complexity index is 1480. The zero-order valence-electron chi connectivity index (χ0n) is 19.1. The highest BCUT2D eigenvalue weighted by molar-refractivity contribution is 7.99. The molecule has 0 bridgehead atoms. The highest BCUT2D eigenvalue weighted by Gasteiger charge is 2.33. The van der Waals surface area contributed by atoms with E-state index in [0.717, 1.165) is 36.2 Å². The van der Waals surface area contributed by atoms with E-state index >= 15 is 0 Å². The van der Waals surface area contributed by atoms with E-state index < -0.39 is 33.6 Å². The summed E-state index contributed by atoms with van der Waals surface area (Å²) in [6.07, 6.45) is 4.00. The Morgan fingerprint density at radius 3 is 2.49 bits per heavy atom. The fourth-order valence-electron chi connectivity index (χ4n) is 3.00. The van der Waals surface area contributed by atoms with E-state index in [4.69, 9.17) is 6.42 Å². The number of carbonyl (C=O) groups is 1. The number of alkyl halides is 3. The monoisotopic (exact) mass is 549 g/mol. The van der Waals surface area contributed by atoms with Crippen molar-refractivity contribution >= 4 is 39.5 Å². The van der Waals surface area contributed by atoms with Crippen molar-refractivity contribution in [3.05, 3.63) is 88.9 Å². The molecule has 192 valence electrons. The molecule has 12 heteroatoms. The van der Waals surface area contributed by atoms with Gasteiger partial charge in [-0.05, 0) is 42.0 Å². The minimum absolute atomic E-state index is 0.0522. The molecule has 0 unspecified atom stereocenters. The number of halogens is 4. The van der Waals surface area contributed by atoms with Gasteiger partial charge in [-0.3, -0.25) is 9.52 Å². The van der Waals surface area contributed by atoms with Gasteiger partial charge >= 0.3 is 6.18 Å². The van der Waals surface area contributed by atoms with Crippen molar-refractivity contribution in [1.82, 2.24) is 10.3 Å². The van der Waals surface area contributed by atoms with Gasteiger partial charge in [0, 0.05) is 23.1 Å². The van der Waals surface area contributed by atoms with Gasteiger partial charge in [-0.2, -0.15) is 13.2 Å². The minimum Gasteiger partial charge on any atom is -0.348 e. The quantitative estimate of drug-likeness (QED) is 0.233. The summed E-state index contributed by atoms with van der Waals surface area (Å²) in [6.45, 7) is -0.148. The van der Waals surface area contributed by atoms with Crippen LogP contribution in [-0.4, -0.2) is 25.6 Å². The van der Waals surface area contributed by atoms with Crippen molar-refractivity contribution in [3.8, 4) is 12.3 Å². The summed E-state index contributed by atoms with van der Waals surface area (Å²) in [5, 5.41) is 2.57. The Kier molecular flexibility index (Phi) is 8.62. The highest BCUT2D eigenvalue weighted by atomic mass is 32.2. The summed E-state index contributed by atoms with van der Waals surface area (Å²) in [7, 11) is -3.77. The third-order valence-corrected chi connectivity index (χ3v) is 6.21. The molecule has 0 spiro atoms. The molecule has 0 atom stereocenters. The number of sulfonamides is 1. The van der Waals surface area contributed by atoms with Crippen LogP contribution < -0.4 is 10.0 Å². The van der Waals surface area contributed by atoms with Gasteiger partial charge in [0.25, 0.3) is 0 Å². The molecule has 37 heavy (non-hydrogen) atoms. The van der Waals surface area contributed by atoms with Crippen molar-refractivity contribution < 1.29 is 30.8 Å². The van der Waals surface area contributed by atoms with Gasteiger partial charge in [-0.1, -0.05) is 41.9 Å². The van der Waals surface area contributed by atoms with Crippen LogP contribution in [0.1, 0.15) is 22.4 Å². The van der Waals surface area contributed by atoms with Crippen LogP contribution in [0.15, 0.2) is 70.6 Å². The van der Waals surface area contributed by atoms with Crippen LogP contribution in [0.4, 0.5) is 23.2 Å². The van der Waals surface area contributed by atoms with Gasteiger partial charge in [-0.25, -0.2) is 17.8 Å². The maximum atomic E-state index is 14.4. The first-order chi connectivity index (χ1) is 17.4. The molecule has 2 N–H and O–H groups in total. The predicted octanol–water partition coefficient (Wildman–Crippen LogP) is 5.07. The van der Waals surface area contributed by atoms with Crippen molar-refractivity contribution in [1.29, 1.82) is 0 Å². The Morgan fingerprint density at radius 1 is 1.16 bits per heavy atom. The summed E-state index contributed by atoms with van der Waals surface area (Å²) in [5.41, 5.74) is -0.939. The predicted molar refractivity (Wildman–Crippen MR) is 133 cm³/mol. The molecule has 1 amide bonds. The van der Waals surface area contributed by atoms with E-state index in [1.165, 1.54) is 18.2 Å². The number of hydrogen-bond donors (Lipinski definition) is 2. The topological polar surface area (TPSA) is 88.2 Å². The number of rotatable bonds is 8. The molecule has 0 aliphatic heterocycles. The first-order valence-electron chi connectivity index (χ1n) is 10.4. The first kappa shape index (κ1) is 27.8. The van der Waals surface area contributed by atoms with Crippen LogP contribution in [0, 0.1) is 18.2 Å². The lowest BCUT2D eigenvalue weighted by atomic mass is 10.1. The van der Waals surface area contributed by atoms with E-state index in [1.807, 2.05) is 4.72 Å². The Labute approximate surface area is 215 Å². The molecule has 0 saturated carbocycles. The number of amides is 1. The standard InChI is InChI=1S/C25H19F4N3O3S2/c1-3-17-13-16(14-20(26)23(17)32-37(2,34)35)15-30-22(33)12-10-18-9-11-21(25(27,28)29)31-24(18)36-19-7-5-4-6-8-19/h1,4-14,32H,15H2,2H3,(H,30,33). The number of carbonyl (C=O) groups excluding carboxylic acids is 1. The van der Waals surface area contributed by atoms with E-state index in [9.17, 15) is 30.8 Å². The first-order valence-corrected chi connectivity index (χ1v) is 13.1. The second kappa shape index (κ2) is 11.5. The molecule has 0 aliphatic rings. The maximum absolute atomic E-state index is 14.4. The number of nitrogens with one attached hydrogen (secondary N) is 2. The molecule has 6 nitrogen and oxygen atoms in total. The van der Waals surface area contributed by atoms with E-state index in [0.29, 0.717) is 4.90 Å². The lowest BCUT2D eigenvalue weighted by molar-refractivity contribution is -0.141. The number of pyridine rings is 1. The van der Waals surface area contributed by atoms with Gasteiger partial charge in [0.1, 0.15) is 16.5 Å². The van der Waals surface area contributed by atoms with Crippen LogP contribution in [0.5, 0.6) is 0 Å². The number of benzene rings is 2. The van der Waals surface area contributed by atoms with Gasteiger partial charge in [-0.15, -0.1) is 6.42 Å². The second-order valence-corrected chi connectivity index (χ2v) is 10.4. The van der Waals surface area contributed by atoms with E-state index in [2.05, 4.69) is 16.2 Å². The molecule has 0 radical (unpaired) electrons. The van der Waals surface area contributed by atoms with Crippen LogP contribution in [0.2, 0.25) is 0 Å². The van der Waals surface area contributed by atoms with Crippen LogP contribution in [0.25, 0.3) is 6.08 Å². The van der Waals surface area contributed by atoms with E-state index in [1.54, 1.807) is 30.3 Å². The average molecular weight is 550 g/mol. The SMILES string of the molecule is C#Cc1cc(CNC(=O)C=Cc2ccc(C(F)(F)F)nc2Sc2ccccc2)cc(F)c1NS(C)(=O)=O. The fourth-order valence-corrected chi connectivity index (χ4v) is 4.49. The fraction of sp³-hybridized carbons (Fsp3) is 0.120. The summed E-state index contributed by atoms with van der Waals surface area (Å²) in [6, 6.07) is 13.1. The second-order valence-electron chi connectivity index (χ2n) is 7.57. The average Bonchev–Trinajstić information content (AvgIpc) is 2.82. The van der Waals surface area contributed by atoms with Crippen molar-refractivity contribution in [2.45, 2.75) is 22.6 Å². The zero-order valence-corrected chi connectivity index (χ0v) is 20.8. The zero-order chi connectivity index (χ0) is 27.2. The number of hydrogen-bond acceptors (Lipinski definition) is 5. The van der Waals surface area contributed by atoms with Crippen molar-refractivity contribution in [2.75, 3.05) is 11.0 Å². The van der Waals surface area contributed by atoms with Gasteiger partial charge in [0.2, 0.25) is 15.9 Å². The van der Waals surface area contributed by atoms with E-state index in [-0.39, 0.29) is 33.9 Å². The van der Waals surface area contributed by atoms with Crippen molar-refractivity contribution in [3.63, 3.8) is 0 Å². The van der Waals surface area contributed by atoms with Crippen LogP contribution in [0.3, 0.4) is 0 Å². The van der Waals surface area contributed by atoms with Gasteiger partial charge in [0.05, 0.1) is 17.5 Å². The molecule has 2 aromatic carbocycles. The molecule has 1 heterocycles. The third-order valence-electron chi connectivity index (χ3n) is 4.61. The number of aromatic nitrogens is 1. The Balaban J connectivity index is 1.77. The summed E-state index contributed by atoms with van der Waals surface area (Å²) < 4.78 is 78.8. The lowest BCUT2D eigenvalue weighted by Gasteiger charge is -2.11. The molecule has 3 rings (SSSR count). The molecule has 3 aromatic rings. The summed E-state index contributed by atoms with van der Waals surface area (Å²) >= 11 is 1.01. The third kappa shape index (κ3) is 8.09. The van der Waals surface area contributed by atoms with Gasteiger partial charge < -0.3 is 5.32 Å². The molecule has 0 aliphatic carbocycles. The van der Waals surface area contributed by atoms with Gasteiger partial charge in [0.15, 0.2) is 0 Å². The molecule has 0 fully saturated rings. The highest BCUT2D eigenvalue weighted by Crippen LogP contribution is 2.34. The Hall–Kier alpha value is -3.82.